The minimum absolute atomic E-state index is 0.0219. The standard InChI is InChI=1S/C17H19BrO2/c1-17(2,3)13-6-4-5-7-15(13)20-16-9-8-12(11-19)10-14(16)18/h4-10,19H,11H2,1-3H3. The highest BCUT2D eigenvalue weighted by Gasteiger charge is 2.19. The summed E-state index contributed by atoms with van der Waals surface area (Å²) < 4.78 is 6.88. The third-order valence-electron chi connectivity index (χ3n) is 3.09. The molecule has 2 rings (SSSR count). The first-order valence-electron chi connectivity index (χ1n) is 6.58. The van der Waals surface area contributed by atoms with Crippen LogP contribution in [0, 0.1) is 0 Å². The molecule has 0 spiro atoms. The van der Waals surface area contributed by atoms with Crippen molar-refractivity contribution in [2.75, 3.05) is 0 Å². The first-order chi connectivity index (χ1) is 9.41. The summed E-state index contributed by atoms with van der Waals surface area (Å²) in [4.78, 5) is 0. The molecule has 1 N–H and O–H groups in total. The summed E-state index contributed by atoms with van der Waals surface area (Å²) in [5, 5.41) is 9.13. The van der Waals surface area contributed by atoms with E-state index in [-0.39, 0.29) is 12.0 Å². The molecule has 0 aliphatic carbocycles. The van der Waals surface area contributed by atoms with Crippen molar-refractivity contribution in [3.8, 4) is 11.5 Å². The van der Waals surface area contributed by atoms with Gasteiger partial charge in [-0.3, -0.25) is 0 Å². The maximum Gasteiger partial charge on any atom is 0.141 e. The van der Waals surface area contributed by atoms with Gasteiger partial charge >= 0.3 is 0 Å². The van der Waals surface area contributed by atoms with Crippen LogP contribution in [0.2, 0.25) is 0 Å². The number of aliphatic hydroxyl groups excluding tert-OH is 1. The summed E-state index contributed by atoms with van der Waals surface area (Å²) in [5.74, 6) is 1.61. The third kappa shape index (κ3) is 3.41. The fraction of sp³-hybridized carbons (Fsp3) is 0.294. The number of para-hydroxylation sites is 1. The van der Waals surface area contributed by atoms with Crippen LogP contribution in [0.3, 0.4) is 0 Å². The molecular formula is C17H19BrO2. The molecule has 0 aliphatic heterocycles. The zero-order valence-electron chi connectivity index (χ0n) is 12.0. The van der Waals surface area contributed by atoms with E-state index in [4.69, 9.17) is 9.84 Å². The average molecular weight is 335 g/mol. The van der Waals surface area contributed by atoms with Gasteiger partial charge in [-0.25, -0.2) is 0 Å². The lowest BCUT2D eigenvalue weighted by Gasteiger charge is -2.22. The van der Waals surface area contributed by atoms with Crippen molar-refractivity contribution in [2.45, 2.75) is 32.8 Å². The molecule has 0 atom stereocenters. The summed E-state index contributed by atoms with van der Waals surface area (Å²) in [6.45, 7) is 6.52. The van der Waals surface area contributed by atoms with Gasteiger partial charge in [0.2, 0.25) is 0 Å². The van der Waals surface area contributed by atoms with Gasteiger partial charge in [-0.05, 0) is 45.1 Å². The molecule has 0 aliphatic rings. The van der Waals surface area contributed by atoms with Gasteiger partial charge in [-0.2, -0.15) is 0 Å². The second-order valence-corrected chi connectivity index (χ2v) is 6.63. The van der Waals surface area contributed by atoms with Crippen LogP contribution in [0.5, 0.6) is 11.5 Å². The zero-order valence-corrected chi connectivity index (χ0v) is 13.6. The van der Waals surface area contributed by atoms with E-state index in [1.807, 2.05) is 36.4 Å². The number of halogens is 1. The molecule has 2 nitrogen and oxygen atoms in total. The van der Waals surface area contributed by atoms with E-state index in [1.54, 1.807) is 0 Å². The molecule has 0 saturated heterocycles. The molecule has 2 aromatic carbocycles. The SMILES string of the molecule is CC(C)(C)c1ccccc1Oc1ccc(CO)cc1Br. The average Bonchev–Trinajstić information content (AvgIpc) is 2.40. The van der Waals surface area contributed by atoms with Crippen LogP contribution in [0.15, 0.2) is 46.9 Å². The highest BCUT2D eigenvalue weighted by molar-refractivity contribution is 9.10. The fourth-order valence-electron chi connectivity index (χ4n) is 2.02. The molecule has 3 heteroatoms. The second kappa shape index (κ2) is 5.98. The highest BCUT2D eigenvalue weighted by Crippen LogP contribution is 2.36. The number of ether oxygens (including phenoxy) is 1. The molecule has 0 bridgehead atoms. The quantitative estimate of drug-likeness (QED) is 0.852. The van der Waals surface area contributed by atoms with Crippen molar-refractivity contribution < 1.29 is 9.84 Å². The lowest BCUT2D eigenvalue weighted by atomic mass is 9.86. The van der Waals surface area contributed by atoms with Crippen LogP contribution in [-0.4, -0.2) is 5.11 Å². The fourth-order valence-corrected chi connectivity index (χ4v) is 2.53. The van der Waals surface area contributed by atoms with Crippen molar-refractivity contribution >= 4 is 15.9 Å². The minimum Gasteiger partial charge on any atom is -0.456 e. The smallest absolute Gasteiger partial charge is 0.141 e. The summed E-state index contributed by atoms with van der Waals surface area (Å²) in [5.41, 5.74) is 2.04. The molecule has 0 amide bonds. The molecule has 20 heavy (non-hydrogen) atoms. The Labute approximate surface area is 128 Å². The van der Waals surface area contributed by atoms with Crippen molar-refractivity contribution in [1.29, 1.82) is 0 Å². The maximum atomic E-state index is 9.13. The molecule has 0 aromatic heterocycles. The molecule has 0 heterocycles. The van der Waals surface area contributed by atoms with Crippen molar-refractivity contribution in [3.63, 3.8) is 0 Å². The number of rotatable bonds is 3. The van der Waals surface area contributed by atoms with Crippen molar-refractivity contribution in [1.82, 2.24) is 0 Å². The zero-order chi connectivity index (χ0) is 14.8. The van der Waals surface area contributed by atoms with E-state index in [9.17, 15) is 0 Å². The Morgan fingerprint density at radius 2 is 1.75 bits per heavy atom. The molecule has 2 aromatic rings. The Kier molecular flexibility index (Phi) is 4.51. The third-order valence-corrected chi connectivity index (χ3v) is 3.71. The van der Waals surface area contributed by atoms with Crippen LogP contribution in [0.4, 0.5) is 0 Å². The van der Waals surface area contributed by atoms with Gasteiger partial charge in [0.05, 0.1) is 11.1 Å². The molecule has 0 unspecified atom stereocenters. The van der Waals surface area contributed by atoms with Crippen LogP contribution < -0.4 is 4.74 Å². The van der Waals surface area contributed by atoms with Crippen LogP contribution in [-0.2, 0) is 12.0 Å². The predicted molar refractivity (Wildman–Crippen MR) is 85.3 cm³/mol. The van der Waals surface area contributed by atoms with E-state index in [2.05, 4.69) is 42.8 Å². The predicted octanol–water partition coefficient (Wildman–Crippen LogP) is 5.03. The van der Waals surface area contributed by atoms with E-state index >= 15 is 0 Å². The topological polar surface area (TPSA) is 29.5 Å². The maximum absolute atomic E-state index is 9.13. The van der Waals surface area contributed by atoms with Gasteiger partial charge in [0.1, 0.15) is 11.5 Å². The summed E-state index contributed by atoms with van der Waals surface area (Å²) in [7, 11) is 0. The van der Waals surface area contributed by atoms with E-state index in [0.29, 0.717) is 0 Å². The van der Waals surface area contributed by atoms with E-state index in [0.717, 1.165) is 27.1 Å². The first-order valence-corrected chi connectivity index (χ1v) is 7.38. The lowest BCUT2D eigenvalue weighted by Crippen LogP contribution is -2.12. The van der Waals surface area contributed by atoms with Crippen LogP contribution >= 0.6 is 15.9 Å². The molecule has 106 valence electrons. The van der Waals surface area contributed by atoms with Crippen LogP contribution in [0.25, 0.3) is 0 Å². The lowest BCUT2D eigenvalue weighted by molar-refractivity contribution is 0.281. The van der Waals surface area contributed by atoms with E-state index < -0.39 is 0 Å². The summed E-state index contributed by atoms with van der Waals surface area (Å²) in [6.07, 6.45) is 0. The van der Waals surface area contributed by atoms with Gasteiger partial charge in [-0.15, -0.1) is 0 Å². The molecule has 0 fully saturated rings. The van der Waals surface area contributed by atoms with E-state index in [1.165, 1.54) is 0 Å². The molecule has 0 radical (unpaired) electrons. The van der Waals surface area contributed by atoms with Gasteiger partial charge < -0.3 is 9.84 Å². The second-order valence-electron chi connectivity index (χ2n) is 5.77. The normalized spacial score (nSPS) is 11.4. The largest absolute Gasteiger partial charge is 0.456 e. The van der Waals surface area contributed by atoms with Gasteiger partial charge in [-0.1, -0.05) is 45.0 Å². The Bertz CT molecular complexity index is 600. The Hall–Kier alpha value is -1.32. The summed E-state index contributed by atoms with van der Waals surface area (Å²) in [6, 6.07) is 13.7. The van der Waals surface area contributed by atoms with Crippen LogP contribution in [0.1, 0.15) is 31.9 Å². The Balaban J connectivity index is 2.36. The first kappa shape index (κ1) is 15.1. The Morgan fingerprint density at radius 3 is 2.35 bits per heavy atom. The van der Waals surface area contributed by atoms with Crippen molar-refractivity contribution in [3.05, 3.63) is 58.1 Å². The minimum atomic E-state index is 0.0219. The monoisotopic (exact) mass is 334 g/mol. The number of aliphatic hydroxyl groups is 1. The van der Waals surface area contributed by atoms with Gasteiger partial charge in [0.15, 0.2) is 0 Å². The number of hydrogen-bond acceptors (Lipinski definition) is 2. The Morgan fingerprint density at radius 1 is 1.05 bits per heavy atom. The molecule has 0 saturated carbocycles. The van der Waals surface area contributed by atoms with Gasteiger partial charge in [0, 0.05) is 5.56 Å². The summed E-state index contributed by atoms with van der Waals surface area (Å²) >= 11 is 3.48. The number of benzene rings is 2. The number of hydrogen-bond donors (Lipinski definition) is 1. The highest BCUT2D eigenvalue weighted by atomic mass is 79.9. The van der Waals surface area contributed by atoms with Gasteiger partial charge in [0.25, 0.3) is 0 Å². The molecular weight excluding hydrogens is 316 g/mol. The van der Waals surface area contributed by atoms with Crippen molar-refractivity contribution in [2.24, 2.45) is 0 Å².